The molecule has 0 fully saturated rings. The highest BCUT2D eigenvalue weighted by atomic mass is 35.5. The van der Waals surface area contributed by atoms with Gasteiger partial charge >= 0.3 is 0 Å². The summed E-state index contributed by atoms with van der Waals surface area (Å²) >= 11 is 7.57. The van der Waals surface area contributed by atoms with E-state index >= 15 is 0 Å². The number of furan rings is 1. The number of thiazole rings is 1. The molecule has 0 atom stereocenters. The van der Waals surface area contributed by atoms with E-state index in [4.69, 9.17) is 20.8 Å². The average Bonchev–Trinajstić information content (AvgIpc) is 3.04. The van der Waals surface area contributed by atoms with E-state index in [9.17, 15) is 0 Å². The van der Waals surface area contributed by atoms with Crippen LogP contribution in [0.4, 0.5) is 5.13 Å². The molecule has 3 rings (SSSR count). The molecule has 0 N–H and O–H groups in total. The van der Waals surface area contributed by atoms with Gasteiger partial charge in [0.25, 0.3) is 0 Å². The van der Waals surface area contributed by atoms with Crippen molar-refractivity contribution in [2.24, 2.45) is 4.99 Å². The Labute approximate surface area is 124 Å². The number of aromatic nitrogens is 1. The van der Waals surface area contributed by atoms with Gasteiger partial charge in [0.1, 0.15) is 23.6 Å². The summed E-state index contributed by atoms with van der Waals surface area (Å²) in [6.07, 6.45) is 1.64. The monoisotopic (exact) mass is 306 g/mol. The molecule has 0 saturated carbocycles. The molecule has 0 bridgehead atoms. The number of para-hydroxylation sites is 1. The molecule has 2 aromatic heterocycles. The van der Waals surface area contributed by atoms with Gasteiger partial charge in [-0.2, -0.15) is 0 Å². The van der Waals surface area contributed by atoms with E-state index in [1.807, 2.05) is 30.3 Å². The quantitative estimate of drug-likeness (QED) is 0.669. The number of hydrogen-bond acceptors (Lipinski definition) is 5. The Morgan fingerprint density at radius 2 is 2.30 bits per heavy atom. The van der Waals surface area contributed by atoms with Crippen LogP contribution >= 0.6 is 22.9 Å². The largest absolute Gasteiger partial charge is 0.458 e. The predicted molar refractivity (Wildman–Crippen MR) is 81.3 cm³/mol. The number of halogens is 1. The summed E-state index contributed by atoms with van der Waals surface area (Å²) < 4.78 is 11.5. The molecule has 2 heterocycles. The molecule has 6 heteroatoms. The molecule has 20 heavy (non-hydrogen) atoms. The van der Waals surface area contributed by atoms with Gasteiger partial charge in [-0.15, -0.1) is 0 Å². The lowest BCUT2D eigenvalue weighted by Crippen LogP contribution is -1.82. The third kappa shape index (κ3) is 2.75. The second kappa shape index (κ2) is 5.75. The maximum Gasteiger partial charge on any atom is 0.210 e. The first-order valence-electron chi connectivity index (χ1n) is 5.93. The van der Waals surface area contributed by atoms with Crippen LogP contribution in [-0.4, -0.2) is 18.3 Å². The lowest BCUT2D eigenvalue weighted by Gasteiger charge is -1.91. The minimum atomic E-state index is 0.449. The zero-order valence-electron chi connectivity index (χ0n) is 10.7. The van der Waals surface area contributed by atoms with Gasteiger partial charge < -0.3 is 9.15 Å². The molecule has 0 amide bonds. The maximum absolute atomic E-state index is 6.09. The fourth-order valence-electron chi connectivity index (χ4n) is 1.76. The van der Waals surface area contributed by atoms with E-state index in [0.717, 1.165) is 16.0 Å². The zero-order chi connectivity index (χ0) is 13.9. The third-order valence-corrected chi connectivity index (χ3v) is 3.86. The van der Waals surface area contributed by atoms with Crippen LogP contribution in [0.5, 0.6) is 0 Å². The average molecular weight is 307 g/mol. The zero-order valence-corrected chi connectivity index (χ0v) is 12.2. The highest BCUT2D eigenvalue weighted by Gasteiger charge is 2.05. The fourth-order valence-corrected chi connectivity index (χ4v) is 2.87. The number of ether oxygens (including phenoxy) is 1. The molecule has 0 aliphatic rings. The van der Waals surface area contributed by atoms with E-state index in [0.29, 0.717) is 22.5 Å². The number of fused-ring (bicyclic) bond motifs is 1. The van der Waals surface area contributed by atoms with Crippen molar-refractivity contribution < 1.29 is 9.15 Å². The van der Waals surface area contributed by atoms with Crippen LogP contribution in [0.3, 0.4) is 0 Å². The second-order valence-corrected chi connectivity index (χ2v) is 5.49. The molecule has 0 aliphatic carbocycles. The van der Waals surface area contributed by atoms with Crippen molar-refractivity contribution >= 4 is 44.5 Å². The van der Waals surface area contributed by atoms with Crippen LogP contribution in [0, 0.1) is 0 Å². The first-order valence-corrected chi connectivity index (χ1v) is 7.12. The molecule has 102 valence electrons. The van der Waals surface area contributed by atoms with Crippen LogP contribution in [0.25, 0.3) is 10.2 Å². The summed E-state index contributed by atoms with van der Waals surface area (Å²) in [5.74, 6) is 1.43. The van der Waals surface area contributed by atoms with Gasteiger partial charge in [0.2, 0.25) is 5.13 Å². The number of aliphatic imine (C=N–C) groups is 1. The van der Waals surface area contributed by atoms with Crippen LogP contribution < -0.4 is 0 Å². The van der Waals surface area contributed by atoms with Crippen molar-refractivity contribution in [2.45, 2.75) is 6.61 Å². The van der Waals surface area contributed by atoms with E-state index in [1.54, 1.807) is 13.3 Å². The van der Waals surface area contributed by atoms with Crippen LogP contribution in [-0.2, 0) is 11.3 Å². The lowest BCUT2D eigenvalue weighted by atomic mass is 10.3. The normalized spacial score (nSPS) is 11.7. The number of hydrogen-bond donors (Lipinski definition) is 0. The van der Waals surface area contributed by atoms with Gasteiger partial charge in [0.05, 0.1) is 15.9 Å². The van der Waals surface area contributed by atoms with E-state index in [1.165, 1.54) is 11.3 Å². The van der Waals surface area contributed by atoms with Gasteiger partial charge in [-0.25, -0.2) is 9.98 Å². The molecule has 0 radical (unpaired) electrons. The molecular formula is C14H11ClN2O2S. The maximum atomic E-state index is 6.09. The molecule has 0 spiro atoms. The predicted octanol–water partition coefficient (Wildman–Crippen LogP) is 4.44. The third-order valence-electron chi connectivity index (χ3n) is 2.63. The summed E-state index contributed by atoms with van der Waals surface area (Å²) in [7, 11) is 1.63. The summed E-state index contributed by atoms with van der Waals surface area (Å²) in [5.41, 5.74) is 0.783. The van der Waals surface area contributed by atoms with Gasteiger partial charge in [-0.1, -0.05) is 29.0 Å². The number of benzene rings is 1. The van der Waals surface area contributed by atoms with Crippen LogP contribution in [0.2, 0.25) is 5.02 Å². The topological polar surface area (TPSA) is 47.6 Å². The fraction of sp³-hybridized carbons (Fsp3) is 0.143. The highest BCUT2D eigenvalue weighted by Crippen LogP contribution is 2.32. The number of rotatable bonds is 4. The first-order chi connectivity index (χ1) is 9.76. The van der Waals surface area contributed by atoms with Gasteiger partial charge in [0, 0.05) is 7.11 Å². The van der Waals surface area contributed by atoms with E-state index in [-0.39, 0.29) is 0 Å². The minimum absolute atomic E-state index is 0.449. The van der Waals surface area contributed by atoms with Crippen LogP contribution in [0.15, 0.2) is 39.7 Å². The van der Waals surface area contributed by atoms with E-state index < -0.39 is 0 Å². The second-order valence-electron chi connectivity index (χ2n) is 4.08. The van der Waals surface area contributed by atoms with Crippen molar-refractivity contribution in [1.82, 2.24) is 4.98 Å². The Kier molecular flexibility index (Phi) is 3.82. The Hall–Kier alpha value is -1.69. The summed E-state index contributed by atoms with van der Waals surface area (Å²) in [4.78, 5) is 8.71. The lowest BCUT2D eigenvalue weighted by molar-refractivity contribution is 0.164. The van der Waals surface area contributed by atoms with Gasteiger partial charge in [-0.3, -0.25) is 0 Å². The number of nitrogens with zero attached hydrogens (tertiary/aromatic N) is 2. The molecule has 1 aromatic carbocycles. The van der Waals surface area contributed by atoms with Crippen molar-refractivity contribution in [3.8, 4) is 0 Å². The van der Waals surface area contributed by atoms with Crippen molar-refractivity contribution in [3.63, 3.8) is 0 Å². The van der Waals surface area contributed by atoms with Crippen LogP contribution in [0.1, 0.15) is 11.5 Å². The summed E-state index contributed by atoms with van der Waals surface area (Å²) in [6, 6.07) is 9.40. The number of methoxy groups -OCH3 is 1. The van der Waals surface area contributed by atoms with Crippen molar-refractivity contribution in [1.29, 1.82) is 0 Å². The highest BCUT2D eigenvalue weighted by molar-refractivity contribution is 7.22. The van der Waals surface area contributed by atoms with Gasteiger partial charge in [0.15, 0.2) is 0 Å². The summed E-state index contributed by atoms with van der Waals surface area (Å²) in [5, 5.41) is 1.29. The molecule has 4 nitrogen and oxygen atoms in total. The molecular weight excluding hydrogens is 296 g/mol. The van der Waals surface area contributed by atoms with E-state index in [2.05, 4.69) is 9.98 Å². The van der Waals surface area contributed by atoms with Gasteiger partial charge in [-0.05, 0) is 24.3 Å². The molecule has 0 unspecified atom stereocenters. The smallest absolute Gasteiger partial charge is 0.210 e. The Morgan fingerprint density at radius 1 is 1.40 bits per heavy atom. The SMILES string of the molecule is COCc1ccc(C=Nc2nc3c(Cl)cccc3s2)o1. The molecule has 0 saturated heterocycles. The van der Waals surface area contributed by atoms with Crippen molar-refractivity contribution in [3.05, 3.63) is 46.9 Å². The minimum Gasteiger partial charge on any atom is -0.458 e. The Bertz CT molecular complexity index is 763. The Morgan fingerprint density at radius 3 is 3.10 bits per heavy atom. The standard InChI is InChI=1S/C14H11ClN2O2S/c1-18-8-10-6-5-9(19-10)7-16-14-17-13-11(15)3-2-4-12(13)20-14/h2-7H,8H2,1H3. The first kappa shape index (κ1) is 13.3. The Balaban J connectivity index is 1.84. The molecule has 3 aromatic rings. The molecule has 0 aliphatic heterocycles. The van der Waals surface area contributed by atoms with Crippen molar-refractivity contribution in [2.75, 3.05) is 7.11 Å². The summed E-state index contributed by atoms with van der Waals surface area (Å²) in [6.45, 7) is 0.449.